The molecule has 74 valence electrons. The van der Waals surface area contributed by atoms with Crippen molar-refractivity contribution in [2.24, 2.45) is 0 Å². The Morgan fingerprint density at radius 1 is 1.69 bits per heavy atom. The first kappa shape index (κ1) is 10.7. The Bertz CT molecular complexity index is 273. The standard InChI is InChI=1S/C8H13BrN2O2/c1-8(2,5-12)13-4-7-6(9)3-10-11-7/h3,12H,4-5H2,1-2H3,(H,10,11). The van der Waals surface area contributed by atoms with Gasteiger partial charge in [-0.1, -0.05) is 0 Å². The van der Waals surface area contributed by atoms with Crippen LogP contribution in [-0.2, 0) is 11.3 Å². The minimum Gasteiger partial charge on any atom is -0.393 e. The molecule has 0 saturated heterocycles. The number of aliphatic hydroxyl groups excluding tert-OH is 1. The van der Waals surface area contributed by atoms with E-state index >= 15 is 0 Å². The number of nitrogens with zero attached hydrogens (tertiary/aromatic N) is 1. The lowest BCUT2D eigenvalue weighted by molar-refractivity contribution is -0.0645. The van der Waals surface area contributed by atoms with Crippen molar-refractivity contribution in [1.82, 2.24) is 10.2 Å². The number of halogens is 1. The van der Waals surface area contributed by atoms with Crippen LogP contribution in [0.1, 0.15) is 19.5 Å². The van der Waals surface area contributed by atoms with Crippen LogP contribution in [0.4, 0.5) is 0 Å². The highest BCUT2D eigenvalue weighted by Crippen LogP contribution is 2.17. The van der Waals surface area contributed by atoms with Gasteiger partial charge in [-0.2, -0.15) is 5.10 Å². The third-order valence-electron chi connectivity index (χ3n) is 1.65. The molecule has 4 nitrogen and oxygen atoms in total. The second-order valence-corrected chi connectivity index (χ2v) is 4.24. The average Bonchev–Trinajstić information content (AvgIpc) is 2.48. The summed E-state index contributed by atoms with van der Waals surface area (Å²) in [5, 5.41) is 15.6. The van der Waals surface area contributed by atoms with Gasteiger partial charge in [0, 0.05) is 6.20 Å². The number of hydrogen-bond acceptors (Lipinski definition) is 3. The van der Waals surface area contributed by atoms with Gasteiger partial charge in [0.2, 0.25) is 0 Å². The summed E-state index contributed by atoms with van der Waals surface area (Å²) in [5.41, 5.74) is 0.291. The average molecular weight is 249 g/mol. The molecule has 0 fully saturated rings. The summed E-state index contributed by atoms with van der Waals surface area (Å²) < 4.78 is 6.33. The Morgan fingerprint density at radius 2 is 2.38 bits per heavy atom. The first-order valence-electron chi connectivity index (χ1n) is 3.98. The summed E-state index contributed by atoms with van der Waals surface area (Å²) in [6, 6.07) is 0. The van der Waals surface area contributed by atoms with Gasteiger partial charge in [0.15, 0.2) is 0 Å². The maximum absolute atomic E-state index is 8.93. The number of aliphatic hydroxyl groups is 1. The minimum absolute atomic E-state index is 0.00492. The van der Waals surface area contributed by atoms with E-state index in [9.17, 15) is 0 Å². The largest absolute Gasteiger partial charge is 0.393 e. The number of H-pyrrole nitrogens is 1. The Kier molecular flexibility index (Phi) is 3.47. The first-order valence-corrected chi connectivity index (χ1v) is 4.77. The molecule has 1 rings (SSSR count). The molecule has 0 aromatic carbocycles. The molecule has 0 amide bonds. The summed E-state index contributed by atoms with van der Waals surface area (Å²) in [7, 11) is 0. The highest BCUT2D eigenvalue weighted by atomic mass is 79.9. The topological polar surface area (TPSA) is 58.1 Å². The van der Waals surface area contributed by atoms with E-state index in [0.29, 0.717) is 6.61 Å². The number of nitrogens with one attached hydrogen (secondary N) is 1. The smallest absolute Gasteiger partial charge is 0.102 e. The molecule has 0 aliphatic heterocycles. The van der Waals surface area contributed by atoms with Gasteiger partial charge in [-0.25, -0.2) is 0 Å². The van der Waals surface area contributed by atoms with Gasteiger partial charge in [0.05, 0.1) is 23.3 Å². The van der Waals surface area contributed by atoms with Crippen LogP contribution in [-0.4, -0.2) is 27.5 Å². The van der Waals surface area contributed by atoms with Crippen molar-refractivity contribution in [2.75, 3.05) is 6.61 Å². The van der Waals surface area contributed by atoms with Crippen LogP contribution in [0.5, 0.6) is 0 Å². The third kappa shape index (κ3) is 3.10. The molecule has 1 aromatic heterocycles. The molecule has 1 aromatic rings. The summed E-state index contributed by atoms with van der Waals surface area (Å²) in [4.78, 5) is 0. The fourth-order valence-electron chi connectivity index (χ4n) is 0.714. The lowest BCUT2D eigenvalue weighted by Crippen LogP contribution is -2.28. The molecule has 13 heavy (non-hydrogen) atoms. The van der Waals surface area contributed by atoms with Gasteiger partial charge in [-0.05, 0) is 29.8 Å². The van der Waals surface area contributed by atoms with Crippen molar-refractivity contribution >= 4 is 15.9 Å². The lowest BCUT2D eigenvalue weighted by atomic mass is 10.1. The zero-order chi connectivity index (χ0) is 9.90. The Balaban J connectivity index is 2.48. The third-order valence-corrected chi connectivity index (χ3v) is 2.33. The van der Waals surface area contributed by atoms with Crippen LogP contribution in [0.15, 0.2) is 10.7 Å². The number of ether oxygens (including phenoxy) is 1. The Morgan fingerprint density at radius 3 is 2.85 bits per heavy atom. The zero-order valence-corrected chi connectivity index (χ0v) is 9.26. The van der Waals surface area contributed by atoms with Crippen LogP contribution in [0.2, 0.25) is 0 Å². The van der Waals surface area contributed by atoms with Crippen molar-refractivity contribution in [3.63, 3.8) is 0 Å². The highest BCUT2D eigenvalue weighted by Gasteiger charge is 2.17. The number of aromatic amines is 1. The summed E-state index contributed by atoms with van der Waals surface area (Å²) in [6.07, 6.45) is 1.74. The molecule has 0 atom stereocenters. The van der Waals surface area contributed by atoms with E-state index in [1.807, 2.05) is 13.8 Å². The maximum Gasteiger partial charge on any atom is 0.102 e. The van der Waals surface area contributed by atoms with E-state index in [2.05, 4.69) is 26.1 Å². The Hall–Kier alpha value is -0.390. The summed E-state index contributed by atoms with van der Waals surface area (Å²) in [6.45, 7) is 4.04. The van der Waals surface area contributed by atoms with E-state index in [1.54, 1.807) is 6.20 Å². The van der Waals surface area contributed by atoms with Crippen molar-refractivity contribution in [3.8, 4) is 0 Å². The molecule has 5 heteroatoms. The maximum atomic E-state index is 8.93. The lowest BCUT2D eigenvalue weighted by Gasteiger charge is -2.21. The monoisotopic (exact) mass is 248 g/mol. The molecule has 0 radical (unpaired) electrons. The molecule has 1 heterocycles. The fraction of sp³-hybridized carbons (Fsp3) is 0.625. The van der Waals surface area contributed by atoms with E-state index < -0.39 is 5.60 Å². The Labute approximate surface area is 85.4 Å². The molecule has 2 N–H and O–H groups in total. The molecule has 0 saturated carbocycles. The van der Waals surface area contributed by atoms with Gasteiger partial charge >= 0.3 is 0 Å². The van der Waals surface area contributed by atoms with Crippen LogP contribution in [0.3, 0.4) is 0 Å². The van der Waals surface area contributed by atoms with Crippen molar-refractivity contribution in [3.05, 3.63) is 16.4 Å². The van der Waals surface area contributed by atoms with E-state index in [1.165, 1.54) is 0 Å². The number of aromatic nitrogens is 2. The van der Waals surface area contributed by atoms with Crippen LogP contribution in [0.25, 0.3) is 0 Å². The van der Waals surface area contributed by atoms with Crippen molar-refractivity contribution in [1.29, 1.82) is 0 Å². The van der Waals surface area contributed by atoms with E-state index in [-0.39, 0.29) is 6.61 Å². The van der Waals surface area contributed by atoms with Crippen LogP contribution in [0, 0.1) is 0 Å². The molecular formula is C8H13BrN2O2. The minimum atomic E-state index is -0.515. The van der Waals surface area contributed by atoms with E-state index in [0.717, 1.165) is 10.2 Å². The molecule has 0 aliphatic rings. The van der Waals surface area contributed by atoms with Crippen molar-refractivity contribution in [2.45, 2.75) is 26.1 Å². The van der Waals surface area contributed by atoms with E-state index in [4.69, 9.17) is 9.84 Å². The highest BCUT2D eigenvalue weighted by molar-refractivity contribution is 9.10. The van der Waals surface area contributed by atoms with Crippen LogP contribution >= 0.6 is 15.9 Å². The van der Waals surface area contributed by atoms with Crippen molar-refractivity contribution < 1.29 is 9.84 Å². The first-order chi connectivity index (χ1) is 6.05. The number of rotatable bonds is 4. The second kappa shape index (κ2) is 4.21. The second-order valence-electron chi connectivity index (χ2n) is 3.39. The van der Waals surface area contributed by atoms with Gasteiger partial charge < -0.3 is 9.84 Å². The molecule has 0 aliphatic carbocycles. The molecule has 0 bridgehead atoms. The molecular weight excluding hydrogens is 236 g/mol. The summed E-state index contributed by atoms with van der Waals surface area (Å²) >= 11 is 3.32. The van der Waals surface area contributed by atoms with Gasteiger partial charge in [0.1, 0.15) is 5.69 Å². The van der Waals surface area contributed by atoms with Gasteiger partial charge in [0.25, 0.3) is 0 Å². The zero-order valence-electron chi connectivity index (χ0n) is 7.67. The van der Waals surface area contributed by atoms with Gasteiger partial charge in [-0.3, -0.25) is 5.10 Å². The normalized spacial score (nSPS) is 12.0. The predicted octanol–water partition coefficient (Wildman–Crippen LogP) is 1.46. The summed E-state index contributed by atoms with van der Waals surface area (Å²) in [5.74, 6) is 0. The predicted molar refractivity (Wildman–Crippen MR) is 52.2 cm³/mol. The quantitative estimate of drug-likeness (QED) is 0.849. The molecule has 0 unspecified atom stereocenters. The SMILES string of the molecule is CC(C)(CO)OCc1n[nH]cc1Br. The molecule has 0 spiro atoms. The van der Waals surface area contributed by atoms with Gasteiger partial charge in [-0.15, -0.1) is 0 Å². The number of hydrogen-bond donors (Lipinski definition) is 2. The van der Waals surface area contributed by atoms with Crippen LogP contribution < -0.4 is 0 Å². The fourth-order valence-corrected chi connectivity index (χ4v) is 1.02.